The summed E-state index contributed by atoms with van der Waals surface area (Å²) in [7, 11) is 0. The number of hydrogen-bond donors (Lipinski definition) is 1. The van der Waals surface area contributed by atoms with E-state index in [1.807, 2.05) is 0 Å². The van der Waals surface area contributed by atoms with Crippen molar-refractivity contribution in [2.45, 2.75) is 83.2 Å². The molecule has 0 aromatic heterocycles. The van der Waals surface area contributed by atoms with E-state index in [2.05, 4.69) is 6.92 Å². The topological polar surface area (TPSA) is 37.3 Å². The van der Waals surface area contributed by atoms with Gasteiger partial charge in [0.2, 0.25) is 0 Å². The van der Waals surface area contributed by atoms with Gasteiger partial charge in [-0.1, -0.05) is 13.0 Å². The minimum absolute atomic E-state index is 0.0453. The average Bonchev–Trinajstić information content (AvgIpc) is 3.24. The lowest BCUT2D eigenvalue weighted by Gasteiger charge is -2.43. The van der Waals surface area contributed by atoms with Crippen LogP contribution in [0.5, 0.6) is 0 Å². The lowest BCUT2D eigenvalue weighted by Crippen LogP contribution is -2.57. The summed E-state index contributed by atoms with van der Waals surface area (Å²) in [5.74, 6) is 0.307. The van der Waals surface area contributed by atoms with E-state index in [1.165, 1.54) is 0 Å². The van der Waals surface area contributed by atoms with Gasteiger partial charge in [-0.2, -0.15) is 26.3 Å². The molecule has 3 aliphatic carbocycles. The van der Waals surface area contributed by atoms with Gasteiger partial charge >= 0.3 is 12.4 Å². The van der Waals surface area contributed by atoms with Gasteiger partial charge in [0.1, 0.15) is 5.78 Å². The van der Waals surface area contributed by atoms with Crippen molar-refractivity contribution >= 4 is 5.78 Å². The van der Waals surface area contributed by atoms with E-state index in [9.17, 15) is 36.2 Å². The van der Waals surface area contributed by atoms with Crippen LogP contribution in [-0.4, -0.2) is 28.8 Å². The number of carbonyl (C=O) groups excluding carboxylic acids is 1. The summed E-state index contributed by atoms with van der Waals surface area (Å²) >= 11 is 0. The first-order valence-corrected chi connectivity index (χ1v) is 9.75. The Morgan fingerprint density at radius 2 is 1.68 bits per heavy atom. The molecule has 3 saturated carbocycles. The molecule has 3 rings (SSSR count). The Bertz CT molecular complexity index is 659. The van der Waals surface area contributed by atoms with Crippen LogP contribution in [0.15, 0.2) is 11.6 Å². The van der Waals surface area contributed by atoms with Crippen LogP contribution in [0.2, 0.25) is 0 Å². The predicted molar refractivity (Wildman–Crippen MR) is 90.3 cm³/mol. The van der Waals surface area contributed by atoms with Crippen molar-refractivity contribution in [1.29, 1.82) is 0 Å². The molecule has 3 fully saturated rings. The Morgan fingerprint density at radius 3 is 2.18 bits per heavy atom. The van der Waals surface area contributed by atoms with Crippen LogP contribution in [0.4, 0.5) is 26.3 Å². The number of halogens is 6. The Morgan fingerprint density at radius 1 is 1.11 bits per heavy atom. The fourth-order valence-corrected chi connectivity index (χ4v) is 5.90. The molecule has 0 spiro atoms. The van der Waals surface area contributed by atoms with Crippen molar-refractivity contribution in [2.75, 3.05) is 0 Å². The van der Waals surface area contributed by atoms with Gasteiger partial charge in [-0.05, 0) is 74.2 Å². The van der Waals surface area contributed by atoms with Crippen molar-refractivity contribution < 1.29 is 36.2 Å². The zero-order valence-electron chi connectivity index (χ0n) is 16.0. The lowest BCUT2D eigenvalue weighted by molar-refractivity contribution is -0.352. The Balaban J connectivity index is 1.85. The smallest absolute Gasteiger partial charge is 0.370 e. The van der Waals surface area contributed by atoms with Crippen LogP contribution >= 0.6 is 0 Å². The summed E-state index contributed by atoms with van der Waals surface area (Å²) in [5.41, 5.74) is -6.55. The Hall–Kier alpha value is -1.05. The second-order valence-electron chi connectivity index (χ2n) is 9.17. The quantitative estimate of drug-likeness (QED) is 0.472. The lowest BCUT2D eigenvalue weighted by atomic mass is 9.60. The highest BCUT2D eigenvalue weighted by molar-refractivity contribution is 5.83. The molecule has 8 heteroatoms. The fourth-order valence-electron chi connectivity index (χ4n) is 5.90. The number of hydrogen-bond acceptors (Lipinski definition) is 2. The van der Waals surface area contributed by atoms with Crippen molar-refractivity contribution in [3.8, 4) is 0 Å². The van der Waals surface area contributed by atoms with Crippen molar-refractivity contribution in [2.24, 2.45) is 22.7 Å². The van der Waals surface area contributed by atoms with Crippen molar-refractivity contribution in [3.05, 3.63) is 11.6 Å². The number of alkyl halides is 6. The van der Waals surface area contributed by atoms with Gasteiger partial charge in [0.15, 0.2) is 0 Å². The Kier molecular flexibility index (Phi) is 5.01. The van der Waals surface area contributed by atoms with Crippen molar-refractivity contribution in [3.63, 3.8) is 0 Å². The summed E-state index contributed by atoms with van der Waals surface area (Å²) in [5, 5.41) is 9.55. The zero-order chi connectivity index (χ0) is 21.2. The summed E-state index contributed by atoms with van der Waals surface area (Å²) < 4.78 is 78.4. The number of carbonyl (C=O) groups is 1. The van der Waals surface area contributed by atoms with Gasteiger partial charge in [-0.15, -0.1) is 0 Å². The van der Waals surface area contributed by atoms with Gasteiger partial charge in [0.05, 0.1) is 0 Å². The third kappa shape index (κ3) is 3.10. The molecule has 0 bridgehead atoms. The van der Waals surface area contributed by atoms with Crippen LogP contribution in [0.3, 0.4) is 0 Å². The highest BCUT2D eigenvalue weighted by atomic mass is 19.4. The molecule has 0 saturated heterocycles. The van der Waals surface area contributed by atoms with Gasteiger partial charge in [0.25, 0.3) is 5.60 Å². The maximum Gasteiger partial charge on any atom is 0.430 e. The highest BCUT2D eigenvalue weighted by Crippen LogP contribution is 2.68. The summed E-state index contributed by atoms with van der Waals surface area (Å²) in [6.07, 6.45) is -5.49. The summed E-state index contributed by atoms with van der Waals surface area (Å²) in [6, 6.07) is 0. The number of rotatable bonds is 4. The van der Waals surface area contributed by atoms with E-state index in [0.29, 0.717) is 13.3 Å². The number of fused-ring (bicyclic) bond motifs is 1. The summed E-state index contributed by atoms with van der Waals surface area (Å²) in [4.78, 5) is 12.3. The van der Waals surface area contributed by atoms with E-state index in [1.54, 1.807) is 0 Å². The minimum Gasteiger partial charge on any atom is -0.370 e. The van der Waals surface area contributed by atoms with Gasteiger partial charge < -0.3 is 5.11 Å². The van der Waals surface area contributed by atoms with E-state index in [0.717, 1.165) is 44.6 Å². The first kappa shape index (κ1) is 21.7. The first-order valence-electron chi connectivity index (χ1n) is 9.75. The molecule has 0 aromatic rings. The average molecular weight is 412 g/mol. The normalized spacial score (nSPS) is 33.8. The van der Waals surface area contributed by atoms with E-state index in [-0.39, 0.29) is 34.9 Å². The second-order valence-corrected chi connectivity index (χ2v) is 9.17. The molecule has 28 heavy (non-hydrogen) atoms. The molecule has 1 N–H and O–H groups in total. The second kappa shape index (κ2) is 6.47. The van der Waals surface area contributed by atoms with Crippen molar-refractivity contribution in [1.82, 2.24) is 0 Å². The highest BCUT2D eigenvalue weighted by Gasteiger charge is 2.71. The molecule has 0 heterocycles. The third-order valence-corrected chi connectivity index (χ3v) is 7.70. The minimum atomic E-state index is -5.84. The molecular weight excluding hydrogens is 386 g/mol. The van der Waals surface area contributed by atoms with Gasteiger partial charge in [0, 0.05) is 12.3 Å². The van der Waals surface area contributed by atoms with Gasteiger partial charge in [-0.3, -0.25) is 4.79 Å². The summed E-state index contributed by atoms with van der Waals surface area (Å²) in [6.45, 7) is 2.76. The number of allylic oxidation sites excluding steroid dienone is 1. The number of ketones is 1. The number of Topliss-reactive ketones (excluding diaryl/α,β-unsaturated/α-hetero) is 1. The molecule has 160 valence electrons. The van der Waals surface area contributed by atoms with Crippen LogP contribution < -0.4 is 0 Å². The van der Waals surface area contributed by atoms with Crippen LogP contribution in [0.25, 0.3) is 0 Å². The zero-order valence-corrected chi connectivity index (χ0v) is 16.0. The molecule has 3 aliphatic rings. The molecule has 0 amide bonds. The van der Waals surface area contributed by atoms with Crippen LogP contribution in [0, 0.1) is 22.7 Å². The van der Waals surface area contributed by atoms with Crippen LogP contribution in [-0.2, 0) is 4.79 Å². The fraction of sp³-hybridized carbons (Fsp3) is 0.850. The Labute approximate surface area is 160 Å². The third-order valence-electron chi connectivity index (χ3n) is 7.70. The SMILES string of the molecule is C/C(=C\CC1([C@H]2CCC3C(=O)CCC[C@@]32C)CC1)C(O)(C(F)(F)F)C(F)(F)F. The molecule has 2 nitrogen and oxygen atoms in total. The molecule has 0 radical (unpaired) electrons. The standard InChI is InChI=1S/C20H26F6O2/c1-12(18(28,19(21,22)23)20(24,25)26)7-9-17(10-11-17)15-6-5-13-14(27)4-3-8-16(13,15)2/h7,13,15,28H,3-6,8-11H2,1-2H3/b12-7+/t13?,15-,16-/m0/s1. The van der Waals surface area contributed by atoms with E-state index < -0.39 is 23.5 Å². The predicted octanol–water partition coefficient (Wildman–Crippen LogP) is 5.74. The molecule has 1 unspecified atom stereocenters. The maximum atomic E-state index is 13.1. The first-order chi connectivity index (χ1) is 12.7. The molecular formula is C20H26F6O2. The number of aliphatic hydroxyl groups is 1. The van der Waals surface area contributed by atoms with E-state index in [4.69, 9.17) is 0 Å². The monoisotopic (exact) mass is 412 g/mol. The molecule has 0 aromatic carbocycles. The molecule has 0 aliphatic heterocycles. The molecule has 3 atom stereocenters. The van der Waals surface area contributed by atoms with Crippen LogP contribution in [0.1, 0.15) is 65.2 Å². The maximum absolute atomic E-state index is 13.1. The van der Waals surface area contributed by atoms with Gasteiger partial charge in [-0.25, -0.2) is 0 Å². The largest absolute Gasteiger partial charge is 0.430 e. The van der Waals surface area contributed by atoms with E-state index >= 15 is 0 Å².